The molecule has 0 aliphatic carbocycles. The van der Waals surface area contributed by atoms with Crippen LogP contribution >= 0.6 is 11.6 Å². The average Bonchev–Trinajstić information content (AvgIpc) is 2.34. The van der Waals surface area contributed by atoms with E-state index in [4.69, 9.17) is 21.5 Å². The van der Waals surface area contributed by atoms with E-state index in [2.05, 4.69) is 10.5 Å². The third-order valence-corrected chi connectivity index (χ3v) is 2.38. The maximum Gasteiger partial charge on any atom is 0.407 e. The molecule has 0 heterocycles. The summed E-state index contributed by atoms with van der Waals surface area (Å²) < 4.78 is 5.12. The quantitative estimate of drug-likeness (QED) is 0.509. The zero-order valence-electron chi connectivity index (χ0n) is 11.1. The van der Waals surface area contributed by atoms with Crippen LogP contribution in [0.15, 0.2) is 29.4 Å². The number of oxime groups is 1. The SMILES string of the molecule is CC(C)(C)OC(=O)NCc1cccc(/C(Cl)=N\O)c1. The lowest BCUT2D eigenvalue weighted by Crippen LogP contribution is -2.32. The van der Waals surface area contributed by atoms with Crippen LogP contribution in [0, 0.1) is 0 Å². The summed E-state index contributed by atoms with van der Waals surface area (Å²) in [5.41, 5.74) is 0.872. The first kappa shape index (κ1) is 15.3. The minimum Gasteiger partial charge on any atom is -0.444 e. The Morgan fingerprint density at radius 1 is 1.47 bits per heavy atom. The lowest BCUT2D eigenvalue weighted by atomic mass is 10.1. The molecule has 0 aliphatic rings. The molecule has 1 aromatic rings. The van der Waals surface area contributed by atoms with Crippen LogP contribution in [-0.4, -0.2) is 22.1 Å². The number of amides is 1. The summed E-state index contributed by atoms with van der Waals surface area (Å²) in [5.74, 6) is 0. The van der Waals surface area contributed by atoms with Crippen LogP contribution in [0.4, 0.5) is 4.79 Å². The van der Waals surface area contributed by atoms with E-state index in [9.17, 15) is 4.79 Å². The summed E-state index contributed by atoms with van der Waals surface area (Å²) in [6.45, 7) is 5.69. The molecular weight excluding hydrogens is 268 g/mol. The number of hydrogen-bond acceptors (Lipinski definition) is 4. The maximum atomic E-state index is 11.5. The predicted molar refractivity (Wildman–Crippen MR) is 73.7 cm³/mol. The maximum absolute atomic E-state index is 11.5. The highest BCUT2D eigenvalue weighted by molar-refractivity contribution is 6.69. The lowest BCUT2D eigenvalue weighted by molar-refractivity contribution is 0.0523. The molecule has 1 rings (SSSR count). The Balaban J connectivity index is 2.61. The van der Waals surface area contributed by atoms with Crippen molar-refractivity contribution in [2.75, 3.05) is 0 Å². The molecule has 0 fully saturated rings. The van der Waals surface area contributed by atoms with Gasteiger partial charge in [0.2, 0.25) is 0 Å². The molecule has 0 saturated heterocycles. The number of nitrogens with zero attached hydrogens (tertiary/aromatic N) is 1. The van der Waals surface area contributed by atoms with E-state index in [1.807, 2.05) is 6.07 Å². The van der Waals surface area contributed by atoms with E-state index in [0.29, 0.717) is 12.1 Å². The molecule has 0 bridgehead atoms. The largest absolute Gasteiger partial charge is 0.444 e. The van der Waals surface area contributed by atoms with Crippen molar-refractivity contribution >= 4 is 22.9 Å². The van der Waals surface area contributed by atoms with Crippen LogP contribution < -0.4 is 5.32 Å². The van der Waals surface area contributed by atoms with Crippen molar-refractivity contribution in [3.8, 4) is 0 Å². The van der Waals surface area contributed by atoms with Gasteiger partial charge in [0.15, 0.2) is 5.17 Å². The molecule has 1 amide bonds. The second-order valence-corrected chi connectivity index (χ2v) is 5.30. The number of hydrogen-bond donors (Lipinski definition) is 2. The van der Waals surface area contributed by atoms with Gasteiger partial charge < -0.3 is 15.3 Å². The van der Waals surface area contributed by atoms with Gasteiger partial charge in [-0.1, -0.05) is 35.0 Å². The zero-order valence-corrected chi connectivity index (χ0v) is 11.9. The average molecular weight is 285 g/mol. The van der Waals surface area contributed by atoms with Crippen molar-refractivity contribution in [1.29, 1.82) is 0 Å². The number of carbonyl (C=O) groups is 1. The molecule has 104 valence electrons. The van der Waals surface area contributed by atoms with Gasteiger partial charge in [-0.25, -0.2) is 4.79 Å². The van der Waals surface area contributed by atoms with Crippen molar-refractivity contribution in [3.63, 3.8) is 0 Å². The molecule has 0 aromatic heterocycles. The number of halogens is 1. The monoisotopic (exact) mass is 284 g/mol. The molecule has 6 heteroatoms. The van der Waals surface area contributed by atoms with Gasteiger partial charge in [-0.15, -0.1) is 0 Å². The Morgan fingerprint density at radius 2 is 2.16 bits per heavy atom. The summed E-state index contributed by atoms with van der Waals surface area (Å²) in [6, 6.07) is 7.01. The van der Waals surface area contributed by atoms with Gasteiger partial charge >= 0.3 is 6.09 Å². The fourth-order valence-corrected chi connectivity index (χ4v) is 1.47. The zero-order chi connectivity index (χ0) is 14.5. The van der Waals surface area contributed by atoms with Crippen molar-refractivity contribution in [2.24, 2.45) is 5.16 Å². The first-order valence-electron chi connectivity index (χ1n) is 5.75. The van der Waals surface area contributed by atoms with Crippen molar-refractivity contribution in [2.45, 2.75) is 32.9 Å². The van der Waals surface area contributed by atoms with Gasteiger partial charge in [0.25, 0.3) is 0 Å². The molecule has 5 nitrogen and oxygen atoms in total. The van der Waals surface area contributed by atoms with E-state index in [1.54, 1.807) is 39.0 Å². The highest BCUT2D eigenvalue weighted by Crippen LogP contribution is 2.10. The molecule has 19 heavy (non-hydrogen) atoms. The Kier molecular flexibility index (Phi) is 5.18. The first-order valence-corrected chi connectivity index (χ1v) is 6.13. The van der Waals surface area contributed by atoms with Crippen LogP contribution in [0.1, 0.15) is 31.9 Å². The van der Waals surface area contributed by atoms with E-state index in [-0.39, 0.29) is 5.17 Å². The topological polar surface area (TPSA) is 70.9 Å². The van der Waals surface area contributed by atoms with Crippen LogP contribution in [-0.2, 0) is 11.3 Å². The number of alkyl carbamates (subject to hydrolysis) is 1. The number of benzene rings is 1. The first-order chi connectivity index (χ1) is 8.81. The molecule has 0 unspecified atom stereocenters. The predicted octanol–water partition coefficient (Wildman–Crippen LogP) is 3.09. The number of carbonyl (C=O) groups excluding carboxylic acids is 1. The summed E-state index contributed by atoms with van der Waals surface area (Å²) in [7, 11) is 0. The Hall–Kier alpha value is -1.75. The molecule has 1 aromatic carbocycles. The molecular formula is C13H17ClN2O3. The number of ether oxygens (including phenoxy) is 1. The van der Waals surface area contributed by atoms with Gasteiger partial charge in [0, 0.05) is 12.1 Å². The van der Waals surface area contributed by atoms with Crippen molar-refractivity contribution in [3.05, 3.63) is 35.4 Å². The van der Waals surface area contributed by atoms with E-state index in [0.717, 1.165) is 5.56 Å². The van der Waals surface area contributed by atoms with Gasteiger partial charge in [-0.05, 0) is 32.4 Å². The van der Waals surface area contributed by atoms with Crippen LogP contribution in [0.5, 0.6) is 0 Å². The van der Waals surface area contributed by atoms with Gasteiger partial charge in [0.1, 0.15) is 5.60 Å². The molecule has 0 aliphatic heterocycles. The van der Waals surface area contributed by atoms with Crippen LogP contribution in [0.3, 0.4) is 0 Å². The second kappa shape index (κ2) is 6.43. The smallest absolute Gasteiger partial charge is 0.407 e. The highest BCUT2D eigenvalue weighted by Gasteiger charge is 2.15. The Labute approximate surface area is 117 Å². The summed E-state index contributed by atoms with van der Waals surface area (Å²) in [6.07, 6.45) is -0.486. The molecule has 0 radical (unpaired) electrons. The minimum absolute atomic E-state index is 0.000817. The van der Waals surface area contributed by atoms with Crippen LogP contribution in [0.25, 0.3) is 0 Å². The lowest BCUT2D eigenvalue weighted by Gasteiger charge is -2.19. The normalized spacial score (nSPS) is 12.1. The minimum atomic E-state index is -0.529. The number of nitrogens with one attached hydrogen (secondary N) is 1. The third-order valence-electron chi connectivity index (χ3n) is 2.09. The summed E-state index contributed by atoms with van der Waals surface area (Å²) in [4.78, 5) is 11.5. The number of rotatable bonds is 3. The Morgan fingerprint density at radius 3 is 2.74 bits per heavy atom. The Bertz CT molecular complexity index is 481. The molecule has 0 spiro atoms. The fraction of sp³-hybridized carbons (Fsp3) is 0.385. The fourth-order valence-electron chi connectivity index (χ4n) is 1.36. The third kappa shape index (κ3) is 5.61. The molecule has 2 N–H and O–H groups in total. The summed E-state index contributed by atoms with van der Waals surface area (Å²) >= 11 is 5.70. The van der Waals surface area contributed by atoms with E-state index < -0.39 is 11.7 Å². The molecule has 0 atom stereocenters. The van der Waals surface area contributed by atoms with Crippen molar-refractivity contribution < 1.29 is 14.7 Å². The van der Waals surface area contributed by atoms with Gasteiger partial charge in [-0.2, -0.15) is 0 Å². The van der Waals surface area contributed by atoms with E-state index in [1.165, 1.54) is 0 Å². The summed E-state index contributed by atoms with van der Waals surface area (Å²) in [5, 5.41) is 14.1. The molecule has 0 saturated carbocycles. The van der Waals surface area contributed by atoms with Crippen molar-refractivity contribution in [1.82, 2.24) is 5.32 Å². The second-order valence-electron chi connectivity index (χ2n) is 4.95. The van der Waals surface area contributed by atoms with Gasteiger partial charge in [0.05, 0.1) is 0 Å². The highest BCUT2D eigenvalue weighted by atomic mass is 35.5. The van der Waals surface area contributed by atoms with Crippen LogP contribution in [0.2, 0.25) is 0 Å². The van der Waals surface area contributed by atoms with E-state index >= 15 is 0 Å². The standard InChI is InChI=1S/C13H17ClN2O3/c1-13(2,3)19-12(17)15-8-9-5-4-6-10(7-9)11(14)16-18/h4-7,18H,8H2,1-3H3,(H,15,17)/b16-11+. The van der Waals surface area contributed by atoms with Gasteiger partial charge in [-0.3, -0.25) is 0 Å².